The lowest BCUT2D eigenvalue weighted by atomic mass is 10.0. The maximum atomic E-state index is 10.2. The van der Waals surface area contributed by atoms with Crippen LogP contribution in [-0.4, -0.2) is 59.0 Å². The predicted molar refractivity (Wildman–Crippen MR) is 83.4 cm³/mol. The van der Waals surface area contributed by atoms with Gasteiger partial charge in [-0.15, -0.1) is 0 Å². The van der Waals surface area contributed by atoms with Crippen LogP contribution in [0.3, 0.4) is 0 Å². The topological polar surface area (TPSA) is 109 Å². The smallest absolute Gasteiger partial charge is 0.231 e. The van der Waals surface area contributed by atoms with Gasteiger partial charge in [0, 0.05) is 39.8 Å². The number of ether oxygens (including phenoxy) is 1. The zero-order chi connectivity index (χ0) is 15.9. The largest absolute Gasteiger partial charge is 0.388 e. The second-order valence-corrected chi connectivity index (χ2v) is 5.08. The van der Waals surface area contributed by atoms with E-state index >= 15 is 0 Å². The third kappa shape index (κ3) is 5.68. The van der Waals surface area contributed by atoms with Crippen LogP contribution in [0.15, 0.2) is 0 Å². The van der Waals surface area contributed by atoms with Crippen molar-refractivity contribution in [2.45, 2.75) is 32.8 Å². The van der Waals surface area contributed by atoms with Gasteiger partial charge in [0.2, 0.25) is 17.8 Å². The van der Waals surface area contributed by atoms with Crippen LogP contribution >= 0.6 is 0 Å². The zero-order valence-electron chi connectivity index (χ0n) is 13.3. The van der Waals surface area contributed by atoms with Crippen molar-refractivity contribution >= 4 is 17.8 Å². The van der Waals surface area contributed by atoms with Crippen LogP contribution < -0.4 is 16.0 Å². The van der Waals surface area contributed by atoms with Crippen LogP contribution in [0.2, 0.25) is 0 Å². The molecule has 0 aliphatic carbocycles. The summed E-state index contributed by atoms with van der Waals surface area (Å²) in [6.07, 6.45) is 0.514. The quantitative estimate of drug-likeness (QED) is 0.604. The van der Waals surface area contributed by atoms with E-state index in [-0.39, 0.29) is 5.95 Å². The highest BCUT2D eigenvalue weighted by Gasteiger charge is 2.20. The highest BCUT2D eigenvalue weighted by atomic mass is 16.5. The molecule has 1 atom stereocenters. The first-order chi connectivity index (χ1) is 9.91. The van der Waals surface area contributed by atoms with E-state index in [4.69, 9.17) is 10.5 Å². The number of nitrogens with zero attached hydrogens (tertiary/aromatic N) is 4. The minimum absolute atomic E-state index is 0.158. The molecule has 0 fully saturated rings. The maximum absolute atomic E-state index is 10.2. The van der Waals surface area contributed by atoms with Crippen LogP contribution in [0.1, 0.15) is 27.2 Å². The molecule has 0 amide bonds. The molecule has 1 unspecified atom stereocenters. The van der Waals surface area contributed by atoms with Crippen molar-refractivity contribution in [3.05, 3.63) is 0 Å². The van der Waals surface area contributed by atoms with E-state index in [1.807, 2.05) is 18.7 Å². The molecule has 1 rings (SSSR count). The molecular weight excluding hydrogens is 272 g/mol. The Bertz CT molecular complexity index is 437. The van der Waals surface area contributed by atoms with Crippen molar-refractivity contribution in [2.24, 2.45) is 0 Å². The summed E-state index contributed by atoms with van der Waals surface area (Å²) in [5.41, 5.74) is 4.80. The monoisotopic (exact) mass is 298 g/mol. The molecular formula is C13H26N6O2. The Morgan fingerprint density at radius 2 is 1.95 bits per heavy atom. The van der Waals surface area contributed by atoms with E-state index in [1.54, 1.807) is 14.0 Å². The van der Waals surface area contributed by atoms with Gasteiger partial charge in [0.25, 0.3) is 0 Å². The molecule has 0 saturated heterocycles. The van der Waals surface area contributed by atoms with E-state index in [1.165, 1.54) is 0 Å². The number of anilines is 3. The number of nitrogen functional groups attached to an aromatic ring is 1. The Hall–Kier alpha value is -1.67. The van der Waals surface area contributed by atoms with Crippen molar-refractivity contribution in [3.63, 3.8) is 0 Å². The fourth-order valence-electron chi connectivity index (χ4n) is 1.79. The zero-order valence-corrected chi connectivity index (χ0v) is 13.3. The Labute approximate surface area is 125 Å². The number of nitrogens with one attached hydrogen (secondary N) is 1. The van der Waals surface area contributed by atoms with E-state index < -0.39 is 5.60 Å². The molecule has 4 N–H and O–H groups in total. The molecule has 0 aromatic carbocycles. The molecule has 8 nitrogen and oxygen atoms in total. The first-order valence-electron chi connectivity index (χ1n) is 7.13. The summed E-state index contributed by atoms with van der Waals surface area (Å²) in [7, 11) is 1.60. The Kier molecular flexibility index (Phi) is 6.57. The highest BCUT2D eigenvalue weighted by molar-refractivity contribution is 5.41. The van der Waals surface area contributed by atoms with Gasteiger partial charge in [-0.25, -0.2) is 0 Å². The van der Waals surface area contributed by atoms with Gasteiger partial charge in [0.1, 0.15) is 0 Å². The first-order valence-corrected chi connectivity index (χ1v) is 7.13. The summed E-state index contributed by atoms with van der Waals surface area (Å²) in [6, 6.07) is 0. The molecule has 1 aromatic rings. The first kappa shape index (κ1) is 17.4. The van der Waals surface area contributed by atoms with E-state index in [2.05, 4.69) is 20.3 Å². The number of methoxy groups -OCH3 is 1. The third-order valence-electron chi connectivity index (χ3n) is 3.16. The number of nitrogens with two attached hydrogens (primary N) is 1. The molecule has 0 bridgehead atoms. The third-order valence-corrected chi connectivity index (χ3v) is 3.16. The lowest BCUT2D eigenvalue weighted by molar-refractivity contribution is 0.0356. The SMILES string of the molecule is CCN(CC)c1nc(N)nc(NCC(C)(O)CCOC)n1. The molecule has 21 heavy (non-hydrogen) atoms. The minimum atomic E-state index is -0.910. The Balaban J connectivity index is 2.75. The summed E-state index contributed by atoms with van der Waals surface area (Å²) in [6.45, 7) is 8.12. The lowest BCUT2D eigenvalue weighted by Crippen LogP contribution is -2.35. The Morgan fingerprint density at radius 3 is 2.52 bits per heavy atom. The molecule has 1 heterocycles. The van der Waals surface area contributed by atoms with Gasteiger partial charge < -0.3 is 25.8 Å². The average Bonchev–Trinajstić information content (AvgIpc) is 2.44. The van der Waals surface area contributed by atoms with E-state index in [0.29, 0.717) is 31.5 Å². The van der Waals surface area contributed by atoms with Crippen molar-refractivity contribution in [3.8, 4) is 0 Å². The van der Waals surface area contributed by atoms with E-state index in [0.717, 1.165) is 13.1 Å². The summed E-state index contributed by atoms with van der Waals surface area (Å²) >= 11 is 0. The van der Waals surface area contributed by atoms with Crippen LogP contribution in [0, 0.1) is 0 Å². The van der Waals surface area contributed by atoms with Crippen molar-refractivity contribution in [2.75, 3.05) is 49.3 Å². The summed E-state index contributed by atoms with van der Waals surface area (Å²) in [5, 5.41) is 13.2. The molecule has 0 radical (unpaired) electrons. The number of rotatable bonds is 9. The second kappa shape index (κ2) is 7.94. The van der Waals surface area contributed by atoms with Gasteiger partial charge in [-0.1, -0.05) is 0 Å². The minimum Gasteiger partial charge on any atom is -0.388 e. The van der Waals surface area contributed by atoms with Crippen molar-refractivity contribution in [1.29, 1.82) is 0 Å². The van der Waals surface area contributed by atoms with Gasteiger partial charge in [-0.05, 0) is 20.8 Å². The van der Waals surface area contributed by atoms with Crippen molar-refractivity contribution < 1.29 is 9.84 Å². The molecule has 0 spiro atoms. The molecule has 1 aromatic heterocycles. The molecule has 0 aliphatic rings. The molecule has 8 heteroatoms. The molecule has 0 aliphatic heterocycles. The summed E-state index contributed by atoms with van der Waals surface area (Å²) in [5.74, 6) is 1.06. The number of aromatic nitrogens is 3. The molecule has 120 valence electrons. The van der Waals surface area contributed by atoms with E-state index in [9.17, 15) is 5.11 Å². The van der Waals surface area contributed by atoms with Gasteiger partial charge in [-0.2, -0.15) is 15.0 Å². The summed E-state index contributed by atoms with van der Waals surface area (Å²) < 4.78 is 4.97. The summed E-state index contributed by atoms with van der Waals surface area (Å²) in [4.78, 5) is 14.5. The highest BCUT2D eigenvalue weighted by Crippen LogP contribution is 2.14. The normalized spacial score (nSPS) is 13.8. The van der Waals surface area contributed by atoms with Gasteiger partial charge >= 0.3 is 0 Å². The van der Waals surface area contributed by atoms with Gasteiger partial charge in [0.05, 0.1) is 5.60 Å². The number of hydrogen-bond acceptors (Lipinski definition) is 8. The standard InChI is InChI=1S/C13H26N6O2/c1-5-19(6-2)12-17-10(14)16-11(18-12)15-9-13(3,20)7-8-21-4/h20H,5-9H2,1-4H3,(H3,14,15,16,17,18). The molecule has 0 saturated carbocycles. The van der Waals surface area contributed by atoms with Crippen LogP contribution in [0.4, 0.5) is 17.8 Å². The average molecular weight is 298 g/mol. The number of hydrogen-bond donors (Lipinski definition) is 3. The van der Waals surface area contributed by atoms with Crippen LogP contribution in [0.5, 0.6) is 0 Å². The Morgan fingerprint density at radius 1 is 1.29 bits per heavy atom. The van der Waals surface area contributed by atoms with Gasteiger partial charge in [-0.3, -0.25) is 0 Å². The predicted octanol–water partition coefficient (Wildman–Crippen LogP) is 0.499. The van der Waals surface area contributed by atoms with Crippen LogP contribution in [-0.2, 0) is 4.74 Å². The fourth-order valence-corrected chi connectivity index (χ4v) is 1.79. The number of aliphatic hydroxyl groups is 1. The van der Waals surface area contributed by atoms with Crippen molar-refractivity contribution in [1.82, 2.24) is 15.0 Å². The fraction of sp³-hybridized carbons (Fsp3) is 0.769. The van der Waals surface area contributed by atoms with Gasteiger partial charge in [0.15, 0.2) is 0 Å². The second-order valence-electron chi connectivity index (χ2n) is 5.08. The lowest BCUT2D eigenvalue weighted by Gasteiger charge is -2.24. The van der Waals surface area contributed by atoms with Crippen LogP contribution in [0.25, 0.3) is 0 Å². The maximum Gasteiger partial charge on any atom is 0.231 e.